The average molecular weight is 387 g/mol. The third kappa shape index (κ3) is 7.40. The molecule has 2 saturated heterocycles. The van der Waals surface area contributed by atoms with Gasteiger partial charge >= 0.3 is 5.97 Å². The van der Waals surface area contributed by atoms with Crippen molar-refractivity contribution < 1.29 is 19.7 Å². The molecule has 0 aromatic carbocycles. The second kappa shape index (κ2) is 12.2. The molecule has 0 aromatic rings. The summed E-state index contributed by atoms with van der Waals surface area (Å²) in [7, 11) is 0. The number of rotatable bonds is 15. The van der Waals surface area contributed by atoms with E-state index in [-0.39, 0.29) is 6.10 Å². The summed E-state index contributed by atoms with van der Waals surface area (Å²) in [6.45, 7) is 2.17. The molecule has 2 bridgehead atoms. The highest BCUT2D eigenvalue weighted by atomic mass is 32.2. The zero-order valence-corrected chi connectivity index (χ0v) is 17.2. The Morgan fingerprint density at radius 1 is 1.08 bits per heavy atom. The van der Waals surface area contributed by atoms with E-state index in [2.05, 4.69) is 6.92 Å². The molecule has 5 heteroatoms. The number of unbranched alkanes of at least 4 members (excludes halogenated alkanes) is 4. The molecule has 2 heterocycles. The summed E-state index contributed by atoms with van der Waals surface area (Å²) in [5, 5.41) is 18.7. The molecule has 2 fully saturated rings. The first-order chi connectivity index (χ1) is 12.6. The lowest BCUT2D eigenvalue weighted by Gasteiger charge is -2.28. The minimum Gasteiger partial charge on any atom is -0.481 e. The van der Waals surface area contributed by atoms with Crippen LogP contribution in [-0.4, -0.2) is 46.0 Å². The van der Waals surface area contributed by atoms with E-state index in [4.69, 9.17) is 9.84 Å². The molecule has 0 spiro atoms. The van der Waals surface area contributed by atoms with Gasteiger partial charge in [-0.2, -0.15) is 11.8 Å². The van der Waals surface area contributed by atoms with Crippen molar-refractivity contribution in [3.8, 4) is 0 Å². The fraction of sp³-hybridized carbons (Fsp3) is 0.952. The van der Waals surface area contributed by atoms with Gasteiger partial charge in [-0.15, -0.1) is 0 Å². The Labute approximate surface area is 163 Å². The van der Waals surface area contributed by atoms with Crippen LogP contribution in [0.3, 0.4) is 0 Å². The van der Waals surface area contributed by atoms with Crippen molar-refractivity contribution in [2.24, 2.45) is 11.8 Å². The lowest BCUT2D eigenvalue weighted by atomic mass is 9.77. The Hall–Kier alpha value is -0.260. The SMILES string of the molecule is CCCCC(O)CCSCC1C2CCC(O2)C1CCCCCCC(=O)O. The van der Waals surface area contributed by atoms with Crippen molar-refractivity contribution in [1.82, 2.24) is 0 Å². The number of carbonyl (C=O) groups is 1. The summed E-state index contributed by atoms with van der Waals surface area (Å²) in [6, 6.07) is 0. The van der Waals surface area contributed by atoms with Crippen molar-refractivity contribution in [2.45, 2.75) is 102 Å². The maximum Gasteiger partial charge on any atom is 0.303 e. The third-order valence-corrected chi connectivity index (χ3v) is 7.21. The molecule has 5 atom stereocenters. The van der Waals surface area contributed by atoms with Gasteiger partial charge in [-0.05, 0) is 61.9 Å². The van der Waals surface area contributed by atoms with Crippen LogP contribution in [0, 0.1) is 11.8 Å². The molecule has 0 aliphatic carbocycles. The van der Waals surface area contributed by atoms with Gasteiger partial charge in [0.2, 0.25) is 0 Å². The van der Waals surface area contributed by atoms with Gasteiger partial charge in [-0.3, -0.25) is 4.79 Å². The normalized spacial score (nSPS) is 28.5. The highest BCUT2D eigenvalue weighted by molar-refractivity contribution is 7.99. The van der Waals surface area contributed by atoms with E-state index in [1.165, 1.54) is 31.4 Å². The predicted octanol–water partition coefficient (Wildman–Crippen LogP) is 4.88. The zero-order chi connectivity index (χ0) is 18.8. The third-order valence-electron chi connectivity index (χ3n) is 6.07. The summed E-state index contributed by atoms with van der Waals surface area (Å²) in [5.41, 5.74) is 0. The summed E-state index contributed by atoms with van der Waals surface area (Å²) >= 11 is 2.00. The largest absolute Gasteiger partial charge is 0.481 e. The van der Waals surface area contributed by atoms with E-state index in [9.17, 15) is 9.90 Å². The molecule has 5 unspecified atom stereocenters. The van der Waals surface area contributed by atoms with Crippen LogP contribution in [0.5, 0.6) is 0 Å². The van der Waals surface area contributed by atoms with Gasteiger partial charge in [0.05, 0.1) is 18.3 Å². The molecule has 2 aliphatic rings. The summed E-state index contributed by atoms with van der Waals surface area (Å²) < 4.78 is 6.20. The summed E-state index contributed by atoms with van der Waals surface area (Å²) in [5.74, 6) is 2.94. The number of carboxylic acid groups (broad SMARTS) is 1. The first-order valence-electron chi connectivity index (χ1n) is 10.7. The van der Waals surface area contributed by atoms with Gasteiger partial charge in [0.1, 0.15) is 0 Å². The number of hydrogen-bond acceptors (Lipinski definition) is 4. The summed E-state index contributed by atoms with van der Waals surface area (Å²) in [4.78, 5) is 10.6. The van der Waals surface area contributed by atoms with E-state index in [0.717, 1.165) is 50.7 Å². The molecule has 26 heavy (non-hydrogen) atoms. The maximum atomic E-state index is 10.6. The van der Waals surface area contributed by atoms with Crippen LogP contribution in [0.2, 0.25) is 0 Å². The summed E-state index contributed by atoms with van der Waals surface area (Å²) in [6.07, 6.45) is 13.1. The molecule has 0 aromatic heterocycles. The number of carboxylic acids is 1. The fourth-order valence-corrected chi connectivity index (χ4v) is 5.87. The number of aliphatic hydroxyl groups is 1. The molecule has 0 amide bonds. The van der Waals surface area contributed by atoms with Gasteiger partial charge in [-0.1, -0.05) is 39.0 Å². The van der Waals surface area contributed by atoms with Crippen LogP contribution in [-0.2, 0) is 9.53 Å². The number of aliphatic carboxylic acids is 1. The van der Waals surface area contributed by atoms with Gasteiger partial charge in [0.25, 0.3) is 0 Å². The maximum absolute atomic E-state index is 10.6. The molecule has 2 rings (SSSR count). The minimum absolute atomic E-state index is 0.125. The number of fused-ring (bicyclic) bond motifs is 2. The minimum atomic E-state index is -0.677. The zero-order valence-electron chi connectivity index (χ0n) is 16.4. The monoisotopic (exact) mass is 386 g/mol. The van der Waals surface area contributed by atoms with Crippen LogP contribution in [0.4, 0.5) is 0 Å². The van der Waals surface area contributed by atoms with Crippen molar-refractivity contribution >= 4 is 17.7 Å². The lowest BCUT2D eigenvalue weighted by molar-refractivity contribution is -0.137. The Morgan fingerprint density at radius 2 is 1.81 bits per heavy atom. The van der Waals surface area contributed by atoms with Crippen LogP contribution in [0.1, 0.15) is 84.0 Å². The van der Waals surface area contributed by atoms with Crippen molar-refractivity contribution in [3.05, 3.63) is 0 Å². The van der Waals surface area contributed by atoms with E-state index >= 15 is 0 Å². The Balaban J connectivity index is 1.60. The first-order valence-corrected chi connectivity index (χ1v) is 11.9. The van der Waals surface area contributed by atoms with Crippen LogP contribution in [0.15, 0.2) is 0 Å². The first kappa shape index (κ1) is 22.0. The molecular weight excluding hydrogens is 348 g/mol. The van der Waals surface area contributed by atoms with Crippen LogP contribution in [0.25, 0.3) is 0 Å². The van der Waals surface area contributed by atoms with E-state index in [1.54, 1.807) is 0 Å². The van der Waals surface area contributed by atoms with Crippen molar-refractivity contribution in [2.75, 3.05) is 11.5 Å². The molecule has 0 radical (unpaired) electrons. The average Bonchev–Trinajstić information content (AvgIpc) is 3.21. The number of hydrogen-bond donors (Lipinski definition) is 2. The van der Waals surface area contributed by atoms with Crippen LogP contribution < -0.4 is 0 Å². The Kier molecular flexibility index (Phi) is 10.4. The quantitative estimate of drug-likeness (QED) is 0.393. The van der Waals surface area contributed by atoms with Gasteiger partial charge < -0.3 is 14.9 Å². The molecule has 152 valence electrons. The molecule has 2 N–H and O–H groups in total. The van der Waals surface area contributed by atoms with Crippen LogP contribution >= 0.6 is 11.8 Å². The smallest absolute Gasteiger partial charge is 0.303 e. The molecular formula is C21H38O4S. The highest BCUT2D eigenvalue weighted by Gasteiger charge is 2.47. The predicted molar refractivity (Wildman–Crippen MR) is 108 cm³/mol. The van der Waals surface area contributed by atoms with E-state index in [0.29, 0.717) is 30.5 Å². The second-order valence-electron chi connectivity index (χ2n) is 8.12. The van der Waals surface area contributed by atoms with Crippen molar-refractivity contribution in [3.63, 3.8) is 0 Å². The Bertz CT molecular complexity index is 403. The molecule has 4 nitrogen and oxygen atoms in total. The van der Waals surface area contributed by atoms with Crippen molar-refractivity contribution in [1.29, 1.82) is 0 Å². The number of thioether (sulfide) groups is 1. The van der Waals surface area contributed by atoms with Gasteiger partial charge in [0.15, 0.2) is 0 Å². The lowest BCUT2D eigenvalue weighted by Crippen LogP contribution is -2.29. The Morgan fingerprint density at radius 3 is 2.54 bits per heavy atom. The van der Waals surface area contributed by atoms with Gasteiger partial charge in [0, 0.05) is 6.42 Å². The van der Waals surface area contributed by atoms with E-state index in [1.807, 2.05) is 11.8 Å². The topological polar surface area (TPSA) is 66.8 Å². The van der Waals surface area contributed by atoms with Gasteiger partial charge in [-0.25, -0.2) is 0 Å². The second-order valence-corrected chi connectivity index (χ2v) is 9.27. The highest BCUT2D eigenvalue weighted by Crippen LogP contribution is 2.46. The molecule has 2 aliphatic heterocycles. The van der Waals surface area contributed by atoms with E-state index < -0.39 is 5.97 Å². The standard InChI is InChI=1S/C21H38O4S/c1-2-3-8-16(22)13-14-26-15-18-17(19-11-12-20(18)25-19)9-6-4-5-7-10-21(23)24/h16-20,22H,2-15H2,1H3,(H,23,24). The number of ether oxygens (including phenoxy) is 1. The fourth-order valence-electron chi connectivity index (χ4n) is 4.53. The number of aliphatic hydroxyl groups excluding tert-OH is 1. The molecule has 0 saturated carbocycles.